The molecule has 0 saturated carbocycles. The number of nitrogens with two attached hydrogens (primary N) is 1. The smallest absolute Gasteiger partial charge is 0.242 e. The Morgan fingerprint density at radius 2 is 2.06 bits per heavy atom. The lowest BCUT2D eigenvalue weighted by Gasteiger charge is -2.19. The van der Waals surface area contributed by atoms with Crippen LogP contribution in [-0.4, -0.2) is 19.9 Å². The van der Waals surface area contributed by atoms with Crippen molar-refractivity contribution in [2.45, 2.75) is 32.2 Å². The van der Waals surface area contributed by atoms with Crippen LogP contribution < -0.4 is 10.5 Å². The highest BCUT2D eigenvalue weighted by molar-refractivity contribution is 7.89. The average molecular weight is 257 g/mol. The molecule has 1 rings (SSSR count). The normalized spacial score (nSPS) is 12.7. The zero-order chi connectivity index (χ0) is 13.1. The fourth-order valence-electron chi connectivity index (χ4n) is 1.21. The highest BCUT2D eigenvalue weighted by atomic mass is 32.2. The Hall–Kier alpha value is -0.980. The molecule has 0 atom stereocenters. The van der Waals surface area contributed by atoms with Crippen molar-refractivity contribution in [3.63, 3.8) is 0 Å². The molecule has 5 nitrogen and oxygen atoms in total. The van der Waals surface area contributed by atoms with Crippen LogP contribution in [0.15, 0.2) is 23.2 Å². The highest BCUT2D eigenvalue weighted by Gasteiger charge is 2.21. The van der Waals surface area contributed by atoms with E-state index in [0.29, 0.717) is 12.2 Å². The number of rotatable bonds is 4. The maximum Gasteiger partial charge on any atom is 0.242 e. The van der Waals surface area contributed by atoms with E-state index < -0.39 is 10.0 Å². The third-order valence-corrected chi connectivity index (χ3v) is 3.60. The van der Waals surface area contributed by atoms with Crippen molar-refractivity contribution in [2.75, 3.05) is 6.54 Å². The van der Waals surface area contributed by atoms with Gasteiger partial charge in [0.25, 0.3) is 0 Å². The molecule has 0 unspecified atom stereocenters. The molecule has 0 saturated heterocycles. The summed E-state index contributed by atoms with van der Waals surface area (Å²) >= 11 is 0. The lowest BCUT2D eigenvalue weighted by Crippen LogP contribution is -2.33. The standard InChI is InChI=1S/C11H19N3O2S/c1-11(2,3)8-14-17(15,16)10-5-4-6-13-9(10)7-12/h4-6,14H,7-8,12H2,1-3H3. The van der Waals surface area contributed by atoms with Crippen molar-refractivity contribution >= 4 is 10.0 Å². The molecule has 1 aromatic rings. The van der Waals surface area contributed by atoms with E-state index >= 15 is 0 Å². The largest absolute Gasteiger partial charge is 0.325 e. The minimum Gasteiger partial charge on any atom is -0.325 e. The fraction of sp³-hybridized carbons (Fsp3) is 0.545. The number of hydrogen-bond donors (Lipinski definition) is 2. The Balaban J connectivity index is 2.98. The molecule has 17 heavy (non-hydrogen) atoms. The number of nitrogens with zero attached hydrogens (tertiary/aromatic N) is 1. The Labute approximate surface area is 102 Å². The first-order chi connectivity index (χ1) is 7.76. The third kappa shape index (κ3) is 4.07. The molecular weight excluding hydrogens is 238 g/mol. The summed E-state index contributed by atoms with van der Waals surface area (Å²) in [5, 5.41) is 0. The number of aromatic nitrogens is 1. The molecular formula is C11H19N3O2S. The maximum absolute atomic E-state index is 12.1. The second-order valence-corrected chi connectivity index (χ2v) is 6.77. The second kappa shape index (κ2) is 5.12. The van der Waals surface area contributed by atoms with Crippen LogP contribution >= 0.6 is 0 Å². The molecule has 0 aliphatic carbocycles. The van der Waals surface area contributed by atoms with E-state index in [0.717, 1.165) is 0 Å². The van der Waals surface area contributed by atoms with Crippen LogP contribution in [0.5, 0.6) is 0 Å². The van der Waals surface area contributed by atoms with Gasteiger partial charge in [0.15, 0.2) is 0 Å². The second-order valence-electron chi connectivity index (χ2n) is 5.04. The van der Waals surface area contributed by atoms with Crippen LogP contribution in [0, 0.1) is 5.41 Å². The Morgan fingerprint density at radius 1 is 1.41 bits per heavy atom. The van der Waals surface area contributed by atoms with Gasteiger partial charge in [-0.25, -0.2) is 13.1 Å². The minimum absolute atomic E-state index is 0.104. The van der Waals surface area contributed by atoms with Crippen molar-refractivity contribution in [1.29, 1.82) is 0 Å². The van der Waals surface area contributed by atoms with Crippen molar-refractivity contribution in [1.82, 2.24) is 9.71 Å². The van der Waals surface area contributed by atoms with E-state index in [1.54, 1.807) is 6.07 Å². The van der Waals surface area contributed by atoms with E-state index in [-0.39, 0.29) is 16.9 Å². The number of hydrogen-bond acceptors (Lipinski definition) is 4. The van der Waals surface area contributed by atoms with Crippen LogP contribution in [0.1, 0.15) is 26.5 Å². The van der Waals surface area contributed by atoms with E-state index in [1.165, 1.54) is 12.3 Å². The molecule has 1 aromatic heterocycles. The summed E-state index contributed by atoms with van der Waals surface area (Å²) < 4.78 is 26.7. The first-order valence-electron chi connectivity index (χ1n) is 5.40. The van der Waals surface area contributed by atoms with Crippen molar-refractivity contribution in [3.05, 3.63) is 24.0 Å². The van der Waals surface area contributed by atoms with Gasteiger partial charge in [0.05, 0.1) is 5.69 Å². The van der Waals surface area contributed by atoms with Crippen LogP contribution in [0.25, 0.3) is 0 Å². The van der Waals surface area contributed by atoms with Gasteiger partial charge < -0.3 is 5.73 Å². The van der Waals surface area contributed by atoms with Gasteiger partial charge in [-0.05, 0) is 17.5 Å². The molecule has 0 fully saturated rings. The van der Waals surface area contributed by atoms with Crippen LogP contribution in [-0.2, 0) is 16.6 Å². The first kappa shape index (κ1) is 14.1. The van der Waals surface area contributed by atoms with Gasteiger partial charge in [-0.2, -0.15) is 0 Å². The lowest BCUT2D eigenvalue weighted by molar-refractivity contribution is 0.407. The monoisotopic (exact) mass is 257 g/mol. The number of sulfonamides is 1. The Bertz CT molecular complexity index is 478. The summed E-state index contributed by atoms with van der Waals surface area (Å²) in [7, 11) is -3.53. The average Bonchev–Trinajstić information content (AvgIpc) is 2.26. The SMILES string of the molecule is CC(C)(C)CNS(=O)(=O)c1cccnc1CN. The van der Waals surface area contributed by atoms with Crippen LogP contribution in [0.4, 0.5) is 0 Å². The number of nitrogens with one attached hydrogen (secondary N) is 1. The molecule has 1 heterocycles. The van der Waals surface area contributed by atoms with Gasteiger partial charge in [0.1, 0.15) is 4.90 Å². The molecule has 0 aliphatic rings. The zero-order valence-electron chi connectivity index (χ0n) is 10.4. The van der Waals surface area contributed by atoms with E-state index in [4.69, 9.17) is 5.73 Å². The summed E-state index contributed by atoms with van der Waals surface area (Å²) in [5.41, 5.74) is 5.74. The Kier molecular flexibility index (Phi) is 4.24. The van der Waals surface area contributed by atoms with Crippen molar-refractivity contribution < 1.29 is 8.42 Å². The summed E-state index contributed by atoms with van der Waals surface area (Å²) in [5.74, 6) is 0. The van der Waals surface area contributed by atoms with Gasteiger partial charge in [0, 0.05) is 19.3 Å². The summed E-state index contributed by atoms with van der Waals surface area (Å²) in [6.45, 7) is 6.36. The topological polar surface area (TPSA) is 85.1 Å². The molecule has 0 radical (unpaired) electrons. The van der Waals surface area contributed by atoms with Crippen LogP contribution in [0.3, 0.4) is 0 Å². The van der Waals surface area contributed by atoms with Gasteiger partial charge in [0.2, 0.25) is 10.0 Å². The minimum atomic E-state index is -3.53. The van der Waals surface area contributed by atoms with E-state index in [2.05, 4.69) is 9.71 Å². The van der Waals surface area contributed by atoms with Crippen LogP contribution in [0.2, 0.25) is 0 Å². The van der Waals surface area contributed by atoms with E-state index in [1.807, 2.05) is 20.8 Å². The van der Waals surface area contributed by atoms with Gasteiger partial charge in [-0.15, -0.1) is 0 Å². The fourth-order valence-corrected chi connectivity index (χ4v) is 2.69. The summed E-state index contributed by atoms with van der Waals surface area (Å²) in [6, 6.07) is 3.10. The molecule has 0 aromatic carbocycles. The van der Waals surface area contributed by atoms with Gasteiger partial charge >= 0.3 is 0 Å². The summed E-state index contributed by atoms with van der Waals surface area (Å²) in [4.78, 5) is 4.12. The maximum atomic E-state index is 12.1. The first-order valence-corrected chi connectivity index (χ1v) is 6.88. The lowest BCUT2D eigenvalue weighted by atomic mass is 9.98. The quantitative estimate of drug-likeness (QED) is 0.838. The van der Waals surface area contributed by atoms with Crippen molar-refractivity contribution in [3.8, 4) is 0 Å². The molecule has 0 aliphatic heterocycles. The van der Waals surface area contributed by atoms with Gasteiger partial charge in [-0.1, -0.05) is 20.8 Å². The zero-order valence-corrected chi connectivity index (χ0v) is 11.2. The number of pyridine rings is 1. The molecule has 0 bridgehead atoms. The van der Waals surface area contributed by atoms with Gasteiger partial charge in [-0.3, -0.25) is 4.98 Å². The third-order valence-electron chi connectivity index (χ3n) is 2.12. The van der Waals surface area contributed by atoms with E-state index in [9.17, 15) is 8.42 Å². The van der Waals surface area contributed by atoms with Crippen molar-refractivity contribution in [2.24, 2.45) is 11.1 Å². The predicted octanol–water partition coefficient (Wildman–Crippen LogP) is 0.865. The predicted molar refractivity (Wildman–Crippen MR) is 66.8 cm³/mol. The molecule has 0 spiro atoms. The molecule has 6 heteroatoms. The highest BCUT2D eigenvalue weighted by Crippen LogP contribution is 2.15. The molecule has 0 amide bonds. The summed E-state index contributed by atoms with van der Waals surface area (Å²) in [6.07, 6.45) is 1.53. The molecule has 96 valence electrons. The Morgan fingerprint density at radius 3 is 2.59 bits per heavy atom. The molecule has 3 N–H and O–H groups in total.